The fourth-order valence-corrected chi connectivity index (χ4v) is 1.40. The molecule has 6 heteroatoms. The Morgan fingerprint density at radius 2 is 1.25 bits per heavy atom. The first-order valence-corrected chi connectivity index (χ1v) is 7.16. The number of unbranched alkanes of at least 4 members (excludes halogenated alkanes) is 4. The summed E-state index contributed by atoms with van der Waals surface area (Å²) in [6.07, 6.45) is 6.13. The van der Waals surface area contributed by atoms with Gasteiger partial charge in [-0.3, -0.25) is 4.46 Å². The maximum atomic E-state index is 11.0. The van der Waals surface area contributed by atoms with Crippen molar-refractivity contribution in [2.45, 2.75) is 52.4 Å². The summed E-state index contributed by atoms with van der Waals surface area (Å²) in [7, 11) is -2.66. The van der Waals surface area contributed by atoms with Crippen molar-refractivity contribution in [3.05, 3.63) is 0 Å². The lowest BCUT2D eigenvalue weighted by Gasteiger charge is -2.03. The number of hydrogen-bond acceptors (Lipinski definition) is 5. The van der Waals surface area contributed by atoms with Gasteiger partial charge in [0.05, 0.1) is 13.2 Å². The van der Waals surface area contributed by atoms with Gasteiger partial charge in [0.2, 0.25) is 0 Å². The molecule has 0 atom stereocenters. The normalized spacial score (nSPS) is 10.1. The van der Waals surface area contributed by atoms with Crippen molar-refractivity contribution < 1.29 is 23.4 Å². The van der Waals surface area contributed by atoms with Crippen LogP contribution in [-0.4, -0.2) is 22.4 Å². The van der Waals surface area contributed by atoms with Crippen LogP contribution < -0.4 is 0 Å². The summed E-state index contributed by atoms with van der Waals surface area (Å²) in [5.74, 6) is 0. The van der Waals surface area contributed by atoms with E-state index >= 15 is 0 Å². The first-order valence-electron chi connectivity index (χ1n) is 5.94. The Balaban J connectivity index is 3.12. The van der Waals surface area contributed by atoms with Crippen LogP contribution in [0.2, 0.25) is 0 Å². The van der Waals surface area contributed by atoms with Crippen LogP contribution in [0.5, 0.6) is 0 Å². The van der Waals surface area contributed by atoms with Gasteiger partial charge in [0, 0.05) is 0 Å². The largest absolute Gasteiger partial charge is 0.834 e. The van der Waals surface area contributed by atoms with Crippen molar-refractivity contribution in [2.75, 3.05) is 13.2 Å². The average molecular weight is 250 g/mol. The molecule has 0 amide bonds. The van der Waals surface area contributed by atoms with Crippen molar-refractivity contribution in [2.24, 2.45) is 0 Å². The van der Waals surface area contributed by atoms with E-state index < -0.39 is 9.17 Å². The molecule has 0 aromatic carbocycles. The molecule has 0 rings (SSSR count). The summed E-state index contributed by atoms with van der Waals surface area (Å²) in [5.41, 5.74) is 0. The second kappa shape index (κ2) is 12.6. The first kappa shape index (κ1) is 15.5. The predicted molar refractivity (Wildman–Crippen MR) is 59.6 cm³/mol. The zero-order chi connectivity index (χ0) is 12.1. The Labute approximate surface area is 98.8 Å². The van der Waals surface area contributed by atoms with Gasteiger partial charge in [0.1, 0.15) is 0 Å². The minimum absolute atomic E-state index is 0.434. The molecule has 16 heavy (non-hydrogen) atoms. The lowest BCUT2D eigenvalue weighted by molar-refractivity contribution is -0.286. The molecular formula is C10H22O5Si. The standard InChI is InChI=1S/C10H22O5Si/c1-3-5-7-9-12-14-16(11)15-13-10-8-6-4-2/h3-10H2,1-2H3. The molecule has 0 saturated carbocycles. The second-order valence-electron chi connectivity index (χ2n) is 3.47. The summed E-state index contributed by atoms with van der Waals surface area (Å²) in [6.45, 7) is 5.06. The first-order chi connectivity index (χ1) is 7.81. The molecule has 0 aromatic heterocycles. The minimum Gasteiger partial charge on any atom is -0.327 e. The van der Waals surface area contributed by atoms with E-state index in [1.54, 1.807) is 0 Å². The van der Waals surface area contributed by atoms with E-state index in [9.17, 15) is 4.46 Å². The molecule has 0 spiro atoms. The third-order valence-electron chi connectivity index (χ3n) is 1.92. The van der Waals surface area contributed by atoms with Gasteiger partial charge in [-0.05, 0) is 12.8 Å². The van der Waals surface area contributed by atoms with E-state index in [4.69, 9.17) is 9.78 Å². The molecule has 0 aliphatic heterocycles. The third-order valence-corrected chi connectivity index (χ3v) is 2.42. The molecule has 0 fully saturated rings. The Hall–Kier alpha value is -0.463. The molecule has 0 saturated heterocycles. The number of hydrogen-bond donors (Lipinski definition) is 0. The molecule has 5 nitrogen and oxygen atoms in total. The van der Waals surface area contributed by atoms with E-state index in [0.717, 1.165) is 38.5 Å². The Bertz CT molecular complexity index is 149. The van der Waals surface area contributed by atoms with Gasteiger partial charge in [-0.2, -0.15) is 9.78 Å². The van der Waals surface area contributed by atoms with Gasteiger partial charge in [-0.15, -0.1) is 0 Å². The molecule has 96 valence electrons. The molecule has 0 unspecified atom stereocenters. The van der Waals surface area contributed by atoms with E-state index in [1.165, 1.54) is 0 Å². The summed E-state index contributed by atoms with van der Waals surface area (Å²) in [5, 5.41) is 0. The quantitative estimate of drug-likeness (QED) is 0.231. The van der Waals surface area contributed by atoms with Crippen molar-refractivity contribution in [3.63, 3.8) is 0 Å². The molecule has 0 radical (unpaired) electrons. The smallest absolute Gasteiger partial charge is 0.327 e. The topological polar surface area (TPSA) is 54.0 Å². The highest BCUT2D eigenvalue weighted by Gasteiger charge is 2.14. The maximum Gasteiger partial charge on any atom is 0.834 e. The van der Waals surface area contributed by atoms with Crippen LogP contribution in [0.1, 0.15) is 52.4 Å². The van der Waals surface area contributed by atoms with Crippen molar-refractivity contribution in [1.29, 1.82) is 0 Å². The lowest BCUT2D eigenvalue weighted by Crippen LogP contribution is -2.14. The molecular weight excluding hydrogens is 228 g/mol. The Kier molecular flexibility index (Phi) is 12.2. The van der Waals surface area contributed by atoms with Crippen LogP contribution in [0.3, 0.4) is 0 Å². The maximum absolute atomic E-state index is 11.0. The average Bonchev–Trinajstić information content (AvgIpc) is 2.28. The fraction of sp³-hybridized carbons (Fsp3) is 1.00. The van der Waals surface area contributed by atoms with Crippen molar-refractivity contribution >= 4 is 9.17 Å². The number of rotatable bonds is 12. The lowest BCUT2D eigenvalue weighted by atomic mass is 10.3. The van der Waals surface area contributed by atoms with Crippen LogP contribution >= 0.6 is 0 Å². The van der Waals surface area contributed by atoms with Gasteiger partial charge in [-0.25, -0.2) is 0 Å². The van der Waals surface area contributed by atoms with Gasteiger partial charge in [0.15, 0.2) is 0 Å². The van der Waals surface area contributed by atoms with Crippen LogP contribution in [0.15, 0.2) is 0 Å². The van der Waals surface area contributed by atoms with Gasteiger partial charge in [0.25, 0.3) is 0 Å². The predicted octanol–water partition coefficient (Wildman–Crippen LogP) is 2.68. The van der Waals surface area contributed by atoms with Crippen LogP contribution in [-0.2, 0) is 23.4 Å². The third kappa shape index (κ3) is 11.6. The summed E-state index contributed by atoms with van der Waals surface area (Å²) in [4.78, 5) is 9.41. The second-order valence-corrected chi connectivity index (χ2v) is 4.31. The highest BCUT2D eigenvalue weighted by Crippen LogP contribution is 1.96. The summed E-state index contributed by atoms with van der Waals surface area (Å²) >= 11 is 0. The monoisotopic (exact) mass is 250 g/mol. The Morgan fingerprint density at radius 3 is 1.62 bits per heavy atom. The SMILES string of the molecule is CCCCCOO[Si](=O)OOCCCCC. The van der Waals surface area contributed by atoms with Crippen molar-refractivity contribution in [3.8, 4) is 0 Å². The fourth-order valence-electron chi connectivity index (χ4n) is 1.02. The van der Waals surface area contributed by atoms with Crippen LogP contribution in [0, 0.1) is 0 Å². The van der Waals surface area contributed by atoms with Crippen LogP contribution in [0.25, 0.3) is 0 Å². The summed E-state index contributed by atoms with van der Waals surface area (Å²) < 4.78 is 20.0. The molecule has 0 bridgehead atoms. The molecule has 0 N–H and O–H groups in total. The van der Waals surface area contributed by atoms with E-state index in [1.807, 2.05) is 0 Å². The molecule has 0 aliphatic rings. The minimum atomic E-state index is -2.66. The molecule has 0 aliphatic carbocycles. The van der Waals surface area contributed by atoms with Gasteiger partial charge < -0.3 is 9.15 Å². The highest BCUT2D eigenvalue weighted by molar-refractivity contribution is 6.25. The molecule has 0 aromatic rings. The summed E-state index contributed by atoms with van der Waals surface area (Å²) in [6, 6.07) is 0. The van der Waals surface area contributed by atoms with Crippen LogP contribution in [0.4, 0.5) is 0 Å². The molecule has 0 heterocycles. The zero-order valence-electron chi connectivity index (χ0n) is 10.2. The van der Waals surface area contributed by atoms with Gasteiger partial charge >= 0.3 is 9.17 Å². The van der Waals surface area contributed by atoms with E-state index in [-0.39, 0.29) is 0 Å². The van der Waals surface area contributed by atoms with E-state index in [2.05, 4.69) is 23.0 Å². The Morgan fingerprint density at radius 1 is 0.812 bits per heavy atom. The highest BCUT2D eigenvalue weighted by atomic mass is 28.3. The van der Waals surface area contributed by atoms with Crippen molar-refractivity contribution in [1.82, 2.24) is 0 Å². The van der Waals surface area contributed by atoms with Gasteiger partial charge in [-0.1, -0.05) is 39.5 Å². The van der Waals surface area contributed by atoms with E-state index in [0.29, 0.717) is 13.2 Å². The zero-order valence-corrected chi connectivity index (χ0v) is 11.2.